The number of nitrogens with one attached hydrogen (secondary N) is 2. The number of thiocarbonyl (C=S) groups is 1. The molecular formula is C21H27N3S. The number of nitrogens with zero attached hydrogens (tertiary/aromatic N) is 1. The van der Waals surface area contributed by atoms with Crippen LogP contribution >= 0.6 is 12.2 Å². The van der Waals surface area contributed by atoms with Crippen molar-refractivity contribution in [3.05, 3.63) is 65.2 Å². The van der Waals surface area contributed by atoms with Crippen molar-refractivity contribution in [2.45, 2.75) is 32.7 Å². The van der Waals surface area contributed by atoms with Gasteiger partial charge in [0, 0.05) is 12.2 Å². The molecule has 1 fully saturated rings. The Morgan fingerprint density at radius 1 is 1.04 bits per heavy atom. The summed E-state index contributed by atoms with van der Waals surface area (Å²) in [7, 11) is 0. The second-order valence-corrected chi connectivity index (χ2v) is 7.21. The zero-order valence-electron chi connectivity index (χ0n) is 15.1. The summed E-state index contributed by atoms with van der Waals surface area (Å²) in [6.07, 6.45) is 2.57. The van der Waals surface area contributed by atoms with E-state index < -0.39 is 0 Å². The van der Waals surface area contributed by atoms with Gasteiger partial charge in [0.15, 0.2) is 5.11 Å². The third-order valence-electron chi connectivity index (χ3n) is 4.99. The molecular weight excluding hydrogens is 326 g/mol. The molecule has 0 aliphatic carbocycles. The van der Waals surface area contributed by atoms with Crippen molar-refractivity contribution in [2.75, 3.05) is 25.0 Å². The maximum atomic E-state index is 5.51. The molecule has 3 nitrogen and oxygen atoms in total. The average Bonchev–Trinajstić information content (AvgIpc) is 3.14. The van der Waals surface area contributed by atoms with Crippen LogP contribution in [0.2, 0.25) is 0 Å². The van der Waals surface area contributed by atoms with Crippen molar-refractivity contribution >= 4 is 23.0 Å². The van der Waals surface area contributed by atoms with Crippen molar-refractivity contribution in [1.29, 1.82) is 0 Å². The number of hydrogen-bond acceptors (Lipinski definition) is 2. The molecule has 0 spiro atoms. The van der Waals surface area contributed by atoms with E-state index in [9.17, 15) is 0 Å². The average molecular weight is 354 g/mol. The Kier molecular flexibility index (Phi) is 6.05. The van der Waals surface area contributed by atoms with Crippen LogP contribution in [0.4, 0.5) is 5.69 Å². The molecule has 132 valence electrons. The highest BCUT2D eigenvalue weighted by Crippen LogP contribution is 2.24. The zero-order valence-corrected chi connectivity index (χ0v) is 15.9. The minimum absolute atomic E-state index is 0.364. The van der Waals surface area contributed by atoms with E-state index in [0.717, 1.165) is 12.2 Å². The lowest BCUT2D eigenvalue weighted by Gasteiger charge is -2.28. The molecule has 1 aliphatic rings. The first-order chi connectivity index (χ1) is 12.1. The molecule has 0 amide bonds. The first-order valence-electron chi connectivity index (χ1n) is 9.04. The number of anilines is 1. The number of likely N-dealkylation sites (tertiary alicyclic amines) is 1. The van der Waals surface area contributed by atoms with Crippen LogP contribution in [-0.2, 0) is 0 Å². The third kappa shape index (κ3) is 4.80. The predicted octanol–water partition coefficient (Wildman–Crippen LogP) is 4.43. The second kappa shape index (κ2) is 8.45. The number of aryl methyl sites for hydroxylation is 2. The highest BCUT2D eigenvalue weighted by atomic mass is 32.1. The van der Waals surface area contributed by atoms with Gasteiger partial charge in [-0.05, 0) is 80.8 Å². The Labute approximate surface area is 156 Å². The van der Waals surface area contributed by atoms with Gasteiger partial charge in [-0.3, -0.25) is 4.90 Å². The lowest BCUT2D eigenvalue weighted by molar-refractivity contribution is 0.246. The van der Waals surface area contributed by atoms with Crippen molar-refractivity contribution in [3.63, 3.8) is 0 Å². The SMILES string of the molecule is Cc1ccc(NC(=S)NC[C@@H](c2ccccc2)N2CCCC2)cc1C. The molecule has 25 heavy (non-hydrogen) atoms. The van der Waals surface area contributed by atoms with E-state index in [4.69, 9.17) is 12.2 Å². The summed E-state index contributed by atoms with van der Waals surface area (Å²) in [5.41, 5.74) is 4.96. The van der Waals surface area contributed by atoms with Gasteiger partial charge in [0.05, 0.1) is 6.04 Å². The van der Waals surface area contributed by atoms with Gasteiger partial charge in [-0.2, -0.15) is 0 Å². The summed E-state index contributed by atoms with van der Waals surface area (Å²) in [5, 5.41) is 7.41. The molecule has 0 aromatic heterocycles. The van der Waals surface area contributed by atoms with Crippen LogP contribution in [0.5, 0.6) is 0 Å². The highest BCUT2D eigenvalue weighted by Gasteiger charge is 2.23. The minimum Gasteiger partial charge on any atom is -0.361 e. The Morgan fingerprint density at radius 2 is 1.76 bits per heavy atom. The standard InChI is InChI=1S/C21H27N3S/c1-16-10-11-19(14-17(16)2)23-21(25)22-15-20(24-12-6-7-13-24)18-8-4-3-5-9-18/h3-5,8-11,14,20H,6-7,12-13,15H2,1-2H3,(H2,22,23,25)/t20-/m0/s1. The van der Waals surface area contributed by atoms with E-state index in [1.54, 1.807) is 0 Å². The van der Waals surface area contributed by atoms with E-state index in [1.807, 2.05) is 0 Å². The van der Waals surface area contributed by atoms with Gasteiger partial charge < -0.3 is 10.6 Å². The van der Waals surface area contributed by atoms with E-state index >= 15 is 0 Å². The molecule has 4 heteroatoms. The zero-order chi connectivity index (χ0) is 17.6. The smallest absolute Gasteiger partial charge is 0.170 e. The van der Waals surface area contributed by atoms with E-state index in [1.165, 1.54) is 42.6 Å². The van der Waals surface area contributed by atoms with Crippen LogP contribution in [0, 0.1) is 13.8 Å². The lowest BCUT2D eigenvalue weighted by atomic mass is 10.1. The largest absolute Gasteiger partial charge is 0.361 e. The third-order valence-corrected chi connectivity index (χ3v) is 5.23. The van der Waals surface area contributed by atoms with Gasteiger partial charge in [0.1, 0.15) is 0 Å². The molecule has 1 atom stereocenters. The summed E-state index contributed by atoms with van der Waals surface area (Å²) in [6.45, 7) is 7.39. The fraction of sp³-hybridized carbons (Fsp3) is 0.381. The van der Waals surface area contributed by atoms with E-state index in [2.05, 4.69) is 77.9 Å². The van der Waals surface area contributed by atoms with Gasteiger partial charge >= 0.3 is 0 Å². The maximum absolute atomic E-state index is 5.51. The van der Waals surface area contributed by atoms with E-state index in [-0.39, 0.29) is 0 Å². The highest BCUT2D eigenvalue weighted by molar-refractivity contribution is 7.80. The van der Waals surface area contributed by atoms with Gasteiger partial charge in [0.25, 0.3) is 0 Å². The number of hydrogen-bond donors (Lipinski definition) is 2. The van der Waals surface area contributed by atoms with Crippen LogP contribution < -0.4 is 10.6 Å². The first-order valence-corrected chi connectivity index (χ1v) is 9.45. The molecule has 1 heterocycles. The quantitative estimate of drug-likeness (QED) is 0.778. The topological polar surface area (TPSA) is 27.3 Å². The normalized spacial score (nSPS) is 15.8. The van der Waals surface area contributed by atoms with Crippen LogP contribution in [0.1, 0.15) is 35.6 Å². The van der Waals surface area contributed by atoms with Gasteiger partial charge in [-0.15, -0.1) is 0 Å². The summed E-state index contributed by atoms with van der Waals surface area (Å²) in [6, 6.07) is 17.4. The number of rotatable bonds is 5. The van der Waals surface area contributed by atoms with Crippen LogP contribution in [0.15, 0.2) is 48.5 Å². The van der Waals surface area contributed by atoms with Crippen LogP contribution in [0.3, 0.4) is 0 Å². The minimum atomic E-state index is 0.364. The van der Waals surface area contributed by atoms with Crippen molar-refractivity contribution in [1.82, 2.24) is 10.2 Å². The van der Waals surface area contributed by atoms with Crippen LogP contribution in [0.25, 0.3) is 0 Å². The van der Waals surface area contributed by atoms with Crippen molar-refractivity contribution in [3.8, 4) is 0 Å². The summed E-state index contributed by atoms with van der Waals surface area (Å²) >= 11 is 5.51. The summed E-state index contributed by atoms with van der Waals surface area (Å²) < 4.78 is 0. The lowest BCUT2D eigenvalue weighted by Crippen LogP contribution is -2.38. The van der Waals surface area contributed by atoms with Gasteiger partial charge in [-0.25, -0.2) is 0 Å². The monoisotopic (exact) mass is 353 g/mol. The first kappa shape index (κ1) is 17.9. The molecule has 2 aromatic rings. The van der Waals surface area contributed by atoms with Gasteiger partial charge in [-0.1, -0.05) is 36.4 Å². The molecule has 1 aliphatic heterocycles. The fourth-order valence-electron chi connectivity index (χ4n) is 3.37. The van der Waals surface area contributed by atoms with Crippen LogP contribution in [-0.4, -0.2) is 29.6 Å². The molecule has 0 bridgehead atoms. The fourth-order valence-corrected chi connectivity index (χ4v) is 3.57. The Bertz CT molecular complexity index is 708. The number of benzene rings is 2. The molecule has 0 saturated carbocycles. The molecule has 3 rings (SSSR count). The summed E-state index contributed by atoms with van der Waals surface area (Å²) in [4.78, 5) is 2.56. The molecule has 2 aromatic carbocycles. The van der Waals surface area contributed by atoms with Gasteiger partial charge in [0.2, 0.25) is 0 Å². The predicted molar refractivity (Wildman–Crippen MR) is 110 cm³/mol. The van der Waals surface area contributed by atoms with Crippen molar-refractivity contribution < 1.29 is 0 Å². The molecule has 1 saturated heterocycles. The molecule has 2 N–H and O–H groups in total. The Balaban J connectivity index is 1.62. The molecule has 0 unspecified atom stereocenters. The Morgan fingerprint density at radius 3 is 2.44 bits per heavy atom. The van der Waals surface area contributed by atoms with Crippen molar-refractivity contribution in [2.24, 2.45) is 0 Å². The maximum Gasteiger partial charge on any atom is 0.170 e. The Hall–Kier alpha value is -1.91. The van der Waals surface area contributed by atoms with E-state index in [0.29, 0.717) is 11.2 Å². The second-order valence-electron chi connectivity index (χ2n) is 6.80. The summed E-state index contributed by atoms with van der Waals surface area (Å²) in [5.74, 6) is 0. The molecule has 0 radical (unpaired) electrons.